The first-order valence-corrected chi connectivity index (χ1v) is 8.71. The maximum Gasteiger partial charge on any atom is 0.220 e. The molecule has 0 saturated carbocycles. The van der Waals surface area contributed by atoms with Crippen LogP contribution in [-0.2, 0) is 10.2 Å². The van der Waals surface area contributed by atoms with E-state index in [4.69, 9.17) is 0 Å². The highest BCUT2D eigenvalue weighted by molar-refractivity contribution is 5.85. The molecule has 2 aliphatic heterocycles. The predicted octanol–water partition coefficient (Wildman–Crippen LogP) is 3.56. The standard InChI is InChI=1S/C19H27FN2O.ClH/c1-19(2,14-3-5-15(20)6-4-14)12-21-18(23)11-13-9-16-7-8-17(10-13)22-16;/h3-6,13,16-17,22H,7-12H2,1-2H3,(H,21,23);1H. The smallest absolute Gasteiger partial charge is 0.220 e. The third-order valence-electron chi connectivity index (χ3n) is 5.40. The van der Waals surface area contributed by atoms with Gasteiger partial charge in [0.1, 0.15) is 5.82 Å². The van der Waals surface area contributed by atoms with Gasteiger partial charge in [0, 0.05) is 30.5 Å². The van der Waals surface area contributed by atoms with Crippen LogP contribution >= 0.6 is 12.4 Å². The summed E-state index contributed by atoms with van der Waals surface area (Å²) in [7, 11) is 0. The summed E-state index contributed by atoms with van der Waals surface area (Å²) in [4.78, 5) is 12.3. The van der Waals surface area contributed by atoms with Crippen molar-refractivity contribution in [2.45, 2.75) is 63.5 Å². The Hall–Kier alpha value is -1.13. The Labute approximate surface area is 150 Å². The van der Waals surface area contributed by atoms with Gasteiger partial charge in [-0.25, -0.2) is 4.39 Å². The van der Waals surface area contributed by atoms with Crippen LogP contribution in [0.25, 0.3) is 0 Å². The molecule has 2 heterocycles. The Balaban J connectivity index is 0.00000208. The van der Waals surface area contributed by atoms with Crippen molar-refractivity contribution in [2.75, 3.05) is 6.54 Å². The number of nitrogens with one attached hydrogen (secondary N) is 2. The van der Waals surface area contributed by atoms with E-state index in [-0.39, 0.29) is 29.5 Å². The first-order valence-electron chi connectivity index (χ1n) is 8.71. The summed E-state index contributed by atoms with van der Waals surface area (Å²) in [5, 5.41) is 6.69. The van der Waals surface area contributed by atoms with E-state index in [0.717, 1.165) is 18.4 Å². The second kappa shape index (κ2) is 7.83. The monoisotopic (exact) mass is 354 g/mol. The molecule has 2 atom stereocenters. The van der Waals surface area contributed by atoms with E-state index >= 15 is 0 Å². The van der Waals surface area contributed by atoms with Crippen LogP contribution in [0.1, 0.15) is 51.5 Å². The molecule has 2 fully saturated rings. The number of piperidine rings is 1. The van der Waals surface area contributed by atoms with Crippen molar-refractivity contribution in [1.29, 1.82) is 0 Å². The molecule has 0 aliphatic carbocycles. The van der Waals surface area contributed by atoms with Crippen molar-refractivity contribution < 1.29 is 9.18 Å². The number of amides is 1. The van der Waals surface area contributed by atoms with Crippen molar-refractivity contribution in [3.05, 3.63) is 35.6 Å². The van der Waals surface area contributed by atoms with Crippen LogP contribution in [0.5, 0.6) is 0 Å². The molecular formula is C19H28ClFN2O. The molecule has 2 saturated heterocycles. The summed E-state index contributed by atoms with van der Waals surface area (Å²) in [5.74, 6) is 0.434. The summed E-state index contributed by atoms with van der Waals surface area (Å²) < 4.78 is 13.0. The second-order valence-corrected chi connectivity index (χ2v) is 7.85. The molecule has 1 aromatic rings. The summed E-state index contributed by atoms with van der Waals surface area (Å²) in [6.07, 6.45) is 5.42. The minimum Gasteiger partial charge on any atom is -0.355 e. The fraction of sp³-hybridized carbons (Fsp3) is 0.632. The number of benzene rings is 1. The van der Waals surface area contributed by atoms with Gasteiger partial charge in [0.2, 0.25) is 5.91 Å². The predicted molar refractivity (Wildman–Crippen MR) is 97.0 cm³/mol. The molecule has 1 aromatic carbocycles. The minimum atomic E-state index is -0.228. The summed E-state index contributed by atoms with van der Waals surface area (Å²) in [6, 6.07) is 7.80. The number of fused-ring (bicyclic) bond motifs is 2. The quantitative estimate of drug-likeness (QED) is 0.848. The molecule has 0 aromatic heterocycles. The summed E-state index contributed by atoms with van der Waals surface area (Å²) in [6.45, 7) is 4.73. The average molecular weight is 355 g/mol. The molecule has 0 radical (unpaired) electrons. The number of halogens is 2. The van der Waals surface area contributed by atoms with Gasteiger partial charge in [-0.15, -0.1) is 12.4 Å². The first-order chi connectivity index (χ1) is 10.9. The zero-order valence-corrected chi connectivity index (χ0v) is 15.3. The van der Waals surface area contributed by atoms with Crippen molar-refractivity contribution in [3.63, 3.8) is 0 Å². The van der Waals surface area contributed by atoms with Crippen LogP contribution < -0.4 is 10.6 Å². The molecule has 1 amide bonds. The van der Waals surface area contributed by atoms with Crippen molar-refractivity contribution in [3.8, 4) is 0 Å². The molecule has 5 heteroatoms. The van der Waals surface area contributed by atoms with Crippen molar-refractivity contribution in [1.82, 2.24) is 10.6 Å². The van der Waals surface area contributed by atoms with E-state index in [1.807, 2.05) is 0 Å². The van der Waals surface area contributed by atoms with E-state index in [1.54, 1.807) is 12.1 Å². The van der Waals surface area contributed by atoms with Crippen molar-refractivity contribution >= 4 is 18.3 Å². The van der Waals surface area contributed by atoms with E-state index in [2.05, 4.69) is 24.5 Å². The highest BCUT2D eigenvalue weighted by atomic mass is 35.5. The van der Waals surface area contributed by atoms with E-state index in [1.165, 1.54) is 25.0 Å². The molecule has 24 heavy (non-hydrogen) atoms. The van der Waals surface area contributed by atoms with Gasteiger partial charge in [-0.05, 0) is 49.3 Å². The number of hydrogen-bond donors (Lipinski definition) is 2. The van der Waals surface area contributed by atoms with Crippen LogP contribution in [0.15, 0.2) is 24.3 Å². The Morgan fingerprint density at radius 1 is 1.21 bits per heavy atom. The SMILES string of the molecule is CC(C)(CNC(=O)CC1CC2CCC(C1)N2)c1ccc(F)cc1.Cl. The highest BCUT2D eigenvalue weighted by Crippen LogP contribution is 2.32. The largest absolute Gasteiger partial charge is 0.355 e. The topological polar surface area (TPSA) is 41.1 Å². The molecule has 3 nitrogen and oxygen atoms in total. The zero-order chi connectivity index (χ0) is 16.4. The van der Waals surface area contributed by atoms with Crippen LogP contribution in [-0.4, -0.2) is 24.5 Å². The first kappa shape index (κ1) is 19.2. The maximum atomic E-state index is 13.0. The Morgan fingerprint density at radius 3 is 2.38 bits per heavy atom. The molecular weight excluding hydrogens is 327 g/mol. The Kier molecular flexibility index (Phi) is 6.27. The zero-order valence-electron chi connectivity index (χ0n) is 14.5. The molecule has 2 bridgehead atoms. The molecule has 2 unspecified atom stereocenters. The number of carbonyl (C=O) groups excluding carboxylic acids is 1. The van der Waals surface area contributed by atoms with Gasteiger partial charge in [-0.1, -0.05) is 26.0 Å². The fourth-order valence-corrected chi connectivity index (χ4v) is 4.00. The molecule has 0 spiro atoms. The van der Waals surface area contributed by atoms with Gasteiger partial charge in [0.25, 0.3) is 0 Å². The average Bonchev–Trinajstić information content (AvgIpc) is 2.85. The van der Waals surface area contributed by atoms with Gasteiger partial charge in [-0.2, -0.15) is 0 Å². The van der Waals surface area contributed by atoms with Crippen LogP contribution in [0, 0.1) is 11.7 Å². The van der Waals surface area contributed by atoms with Crippen LogP contribution in [0.4, 0.5) is 4.39 Å². The molecule has 134 valence electrons. The third kappa shape index (κ3) is 4.70. The Bertz CT molecular complexity index is 549. The lowest BCUT2D eigenvalue weighted by atomic mass is 9.84. The molecule has 3 rings (SSSR count). The third-order valence-corrected chi connectivity index (χ3v) is 5.40. The van der Waals surface area contributed by atoms with Crippen LogP contribution in [0.2, 0.25) is 0 Å². The van der Waals surface area contributed by atoms with Gasteiger partial charge in [0.15, 0.2) is 0 Å². The van der Waals surface area contributed by atoms with Crippen molar-refractivity contribution in [2.24, 2.45) is 5.92 Å². The normalized spacial score (nSPS) is 25.9. The van der Waals surface area contributed by atoms with E-state index in [9.17, 15) is 9.18 Å². The van der Waals surface area contributed by atoms with E-state index < -0.39 is 0 Å². The van der Waals surface area contributed by atoms with Gasteiger partial charge >= 0.3 is 0 Å². The van der Waals surface area contributed by atoms with Gasteiger partial charge in [-0.3, -0.25) is 4.79 Å². The minimum absolute atomic E-state index is 0. The Morgan fingerprint density at radius 2 is 1.79 bits per heavy atom. The van der Waals surface area contributed by atoms with E-state index in [0.29, 0.717) is 31.0 Å². The molecule has 2 aliphatic rings. The lowest BCUT2D eigenvalue weighted by Crippen LogP contribution is -2.41. The number of rotatable bonds is 5. The highest BCUT2D eigenvalue weighted by Gasteiger charge is 2.34. The van der Waals surface area contributed by atoms with Gasteiger partial charge < -0.3 is 10.6 Å². The lowest BCUT2D eigenvalue weighted by Gasteiger charge is -2.30. The maximum absolute atomic E-state index is 13.0. The molecule has 2 N–H and O–H groups in total. The summed E-state index contributed by atoms with van der Waals surface area (Å²) in [5.41, 5.74) is 0.843. The summed E-state index contributed by atoms with van der Waals surface area (Å²) >= 11 is 0. The van der Waals surface area contributed by atoms with Crippen LogP contribution in [0.3, 0.4) is 0 Å². The fourth-order valence-electron chi connectivity index (χ4n) is 4.00. The lowest BCUT2D eigenvalue weighted by molar-refractivity contribution is -0.122. The van der Waals surface area contributed by atoms with Gasteiger partial charge in [0.05, 0.1) is 0 Å². The second-order valence-electron chi connectivity index (χ2n) is 7.85. The number of carbonyl (C=O) groups is 1. The number of hydrogen-bond acceptors (Lipinski definition) is 2.